The van der Waals surface area contributed by atoms with Crippen LogP contribution in [0.4, 0.5) is 0 Å². The number of aliphatic hydroxyl groups is 1. The number of nitrogens with zero attached hydrogens (tertiary/aromatic N) is 1. The van der Waals surface area contributed by atoms with Crippen molar-refractivity contribution in [3.63, 3.8) is 0 Å². The molecule has 0 aliphatic heterocycles. The van der Waals surface area contributed by atoms with Crippen LogP contribution in [0.25, 0.3) is 0 Å². The fourth-order valence-electron chi connectivity index (χ4n) is 0.947. The highest BCUT2D eigenvalue weighted by atomic mass is 16.3. The Morgan fingerprint density at radius 3 is 3.08 bits per heavy atom. The highest BCUT2D eigenvalue weighted by Crippen LogP contribution is 2.12. The van der Waals surface area contributed by atoms with Crippen LogP contribution in [0, 0.1) is 12.3 Å². The number of nitrogens with two attached hydrogens (primary N) is 1. The Morgan fingerprint density at radius 2 is 2.50 bits per heavy atom. The number of aliphatic hydroxyl groups excluding tert-OH is 1. The lowest BCUT2D eigenvalue weighted by atomic mass is 10.0. The molecule has 0 spiro atoms. The zero-order valence-corrected chi connectivity index (χ0v) is 6.57. The van der Waals surface area contributed by atoms with E-state index in [0.717, 1.165) is 5.56 Å². The van der Waals surface area contributed by atoms with E-state index in [4.69, 9.17) is 17.3 Å². The molecule has 0 aromatic carbocycles. The van der Waals surface area contributed by atoms with Crippen molar-refractivity contribution in [1.82, 2.24) is 4.98 Å². The molecule has 0 amide bonds. The van der Waals surface area contributed by atoms with Crippen molar-refractivity contribution in [3.05, 3.63) is 29.6 Å². The van der Waals surface area contributed by atoms with Crippen molar-refractivity contribution in [2.45, 2.75) is 6.04 Å². The quantitative estimate of drug-likeness (QED) is 0.604. The molecule has 1 atom stereocenters. The Bertz CT molecular complexity index is 304. The molecule has 3 N–H and O–H groups in total. The summed E-state index contributed by atoms with van der Waals surface area (Å²) in [6.45, 7) is -0.112. The molecule has 0 aliphatic rings. The summed E-state index contributed by atoms with van der Waals surface area (Å²) in [5, 5.41) is 8.79. The number of terminal acetylenes is 1. The molecule has 1 heterocycles. The molecule has 0 radical (unpaired) electrons. The van der Waals surface area contributed by atoms with E-state index in [1.54, 1.807) is 18.5 Å². The number of pyridine rings is 1. The summed E-state index contributed by atoms with van der Waals surface area (Å²) in [7, 11) is 0. The van der Waals surface area contributed by atoms with E-state index in [-0.39, 0.29) is 6.61 Å². The van der Waals surface area contributed by atoms with Gasteiger partial charge in [-0.2, -0.15) is 0 Å². The van der Waals surface area contributed by atoms with Crippen LogP contribution < -0.4 is 5.73 Å². The normalized spacial score (nSPS) is 12.1. The van der Waals surface area contributed by atoms with Gasteiger partial charge in [0.2, 0.25) is 0 Å². The topological polar surface area (TPSA) is 59.1 Å². The van der Waals surface area contributed by atoms with Gasteiger partial charge in [-0.25, -0.2) is 0 Å². The Labute approximate surface area is 71.2 Å². The molecule has 0 bridgehead atoms. The molecule has 1 unspecified atom stereocenters. The zero-order valence-electron chi connectivity index (χ0n) is 6.57. The molecule has 0 saturated heterocycles. The summed E-state index contributed by atoms with van der Waals surface area (Å²) in [6, 6.07) is 1.30. The first-order valence-electron chi connectivity index (χ1n) is 3.56. The molecular formula is C9H10N2O. The van der Waals surface area contributed by atoms with E-state index in [2.05, 4.69) is 10.9 Å². The lowest BCUT2D eigenvalue weighted by Gasteiger charge is -2.09. The number of rotatable bonds is 2. The summed E-state index contributed by atoms with van der Waals surface area (Å²) >= 11 is 0. The Kier molecular flexibility index (Phi) is 2.81. The molecule has 3 heteroatoms. The third-order valence-corrected chi connectivity index (χ3v) is 1.61. The minimum Gasteiger partial charge on any atom is -0.394 e. The molecular weight excluding hydrogens is 152 g/mol. The molecule has 0 aliphatic carbocycles. The van der Waals surface area contributed by atoms with Gasteiger partial charge >= 0.3 is 0 Å². The third-order valence-electron chi connectivity index (χ3n) is 1.61. The lowest BCUT2D eigenvalue weighted by Crippen LogP contribution is -2.15. The Morgan fingerprint density at radius 1 is 1.75 bits per heavy atom. The minimum atomic E-state index is -0.418. The number of aromatic nitrogens is 1. The smallest absolute Gasteiger partial charge is 0.0624 e. The SMILES string of the molecule is C#Cc1cnccc1C(N)CO. The van der Waals surface area contributed by atoms with Crippen LogP contribution in [-0.2, 0) is 0 Å². The maximum Gasteiger partial charge on any atom is 0.0624 e. The first-order valence-corrected chi connectivity index (χ1v) is 3.56. The zero-order chi connectivity index (χ0) is 8.97. The van der Waals surface area contributed by atoms with Gasteiger partial charge in [-0.3, -0.25) is 4.98 Å². The van der Waals surface area contributed by atoms with Crippen molar-refractivity contribution in [3.8, 4) is 12.3 Å². The average Bonchev–Trinajstić information content (AvgIpc) is 2.16. The summed E-state index contributed by atoms with van der Waals surface area (Å²) in [5.41, 5.74) is 6.99. The maximum atomic E-state index is 8.79. The van der Waals surface area contributed by atoms with Crippen LogP contribution in [0.3, 0.4) is 0 Å². The number of hydrogen-bond acceptors (Lipinski definition) is 3. The molecule has 0 fully saturated rings. The first-order chi connectivity index (χ1) is 5.79. The Hall–Kier alpha value is -1.37. The van der Waals surface area contributed by atoms with Crippen LogP contribution in [-0.4, -0.2) is 16.7 Å². The van der Waals surface area contributed by atoms with Crippen molar-refractivity contribution in [2.24, 2.45) is 5.73 Å². The molecule has 1 aromatic rings. The van der Waals surface area contributed by atoms with Crippen molar-refractivity contribution in [1.29, 1.82) is 0 Å². The molecule has 1 rings (SSSR count). The van der Waals surface area contributed by atoms with E-state index in [1.165, 1.54) is 0 Å². The highest BCUT2D eigenvalue weighted by molar-refractivity contribution is 5.39. The van der Waals surface area contributed by atoms with Gasteiger partial charge in [0.05, 0.1) is 12.6 Å². The largest absolute Gasteiger partial charge is 0.394 e. The van der Waals surface area contributed by atoms with E-state index >= 15 is 0 Å². The predicted molar refractivity (Wildman–Crippen MR) is 46.2 cm³/mol. The van der Waals surface area contributed by atoms with E-state index in [9.17, 15) is 0 Å². The minimum absolute atomic E-state index is 0.112. The van der Waals surface area contributed by atoms with Crippen LogP contribution in [0.5, 0.6) is 0 Å². The lowest BCUT2D eigenvalue weighted by molar-refractivity contribution is 0.268. The average molecular weight is 162 g/mol. The molecule has 0 saturated carbocycles. The second-order valence-electron chi connectivity index (χ2n) is 2.40. The van der Waals surface area contributed by atoms with E-state index < -0.39 is 6.04 Å². The van der Waals surface area contributed by atoms with Crippen LogP contribution in [0.1, 0.15) is 17.2 Å². The molecule has 62 valence electrons. The van der Waals surface area contributed by atoms with Gasteiger partial charge in [-0.1, -0.05) is 5.92 Å². The van der Waals surface area contributed by atoms with Gasteiger partial charge in [0, 0.05) is 18.0 Å². The monoisotopic (exact) mass is 162 g/mol. The maximum absolute atomic E-state index is 8.79. The van der Waals surface area contributed by atoms with Crippen LogP contribution in [0.15, 0.2) is 18.5 Å². The van der Waals surface area contributed by atoms with Gasteiger partial charge in [0.15, 0.2) is 0 Å². The summed E-state index contributed by atoms with van der Waals surface area (Å²) in [4.78, 5) is 3.85. The molecule has 1 aromatic heterocycles. The first kappa shape index (κ1) is 8.72. The predicted octanol–water partition coefficient (Wildman–Crippen LogP) is 0.0550. The van der Waals surface area contributed by atoms with Crippen molar-refractivity contribution >= 4 is 0 Å². The Balaban J connectivity index is 3.07. The summed E-state index contributed by atoms with van der Waals surface area (Å²) in [6.07, 6.45) is 8.38. The number of hydrogen-bond donors (Lipinski definition) is 2. The standard InChI is InChI=1S/C9H10N2O/c1-2-7-5-11-4-3-8(7)9(10)6-12/h1,3-5,9,12H,6,10H2. The van der Waals surface area contributed by atoms with Gasteiger partial charge in [-0.15, -0.1) is 6.42 Å². The molecule has 3 nitrogen and oxygen atoms in total. The fourth-order valence-corrected chi connectivity index (χ4v) is 0.947. The van der Waals surface area contributed by atoms with Crippen LogP contribution >= 0.6 is 0 Å². The van der Waals surface area contributed by atoms with Gasteiger partial charge < -0.3 is 10.8 Å². The van der Waals surface area contributed by atoms with Crippen molar-refractivity contribution < 1.29 is 5.11 Å². The van der Waals surface area contributed by atoms with Gasteiger partial charge in [0.25, 0.3) is 0 Å². The highest BCUT2D eigenvalue weighted by Gasteiger charge is 2.07. The van der Waals surface area contributed by atoms with Crippen molar-refractivity contribution in [2.75, 3.05) is 6.61 Å². The molecule has 12 heavy (non-hydrogen) atoms. The van der Waals surface area contributed by atoms with Crippen LogP contribution in [0.2, 0.25) is 0 Å². The van der Waals surface area contributed by atoms with E-state index in [1.807, 2.05) is 0 Å². The summed E-state index contributed by atoms with van der Waals surface area (Å²) in [5.74, 6) is 2.46. The van der Waals surface area contributed by atoms with Gasteiger partial charge in [-0.05, 0) is 11.6 Å². The second-order valence-corrected chi connectivity index (χ2v) is 2.40. The van der Waals surface area contributed by atoms with E-state index in [0.29, 0.717) is 5.56 Å². The fraction of sp³-hybridized carbons (Fsp3) is 0.222. The second kappa shape index (κ2) is 3.86. The third kappa shape index (κ3) is 1.62. The summed E-state index contributed by atoms with van der Waals surface area (Å²) < 4.78 is 0. The van der Waals surface area contributed by atoms with Gasteiger partial charge in [0.1, 0.15) is 0 Å².